The molecule has 0 spiro atoms. The van der Waals surface area contributed by atoms with E-state index < -0.39 is 34.9 Å². The van der Waals surface area contributed by atoms with E-state index in [2.05, 4.69) is 20.4 Å². The highest BCUT2D eigenvalue weighted by Crippen LogP contribution is 2.35. The van der Waals surface area contributed by atoms with Crippen molar-refractivity contribution in [2.75, 3.05) is 5.32 Å². The van der Waals surface area contributed by atoms with Crippen LogP contribution in [0, 0.1) is 28.8 Å². The van der Waals surface area contributed by atoms with Crippen LogP contribution in [0.1, 0.15) is 31.5 Å². The molecule has 0 saturated heterocycles. The van der Waals surface area contributed by atoms with Crippen LogP contribution < -0.4 is 5.32 Å². The minimum Gasteiger partial charge on any atom is -0.481 e. The van der Waals surface area contributed by atoms with E-state index in [0.717, 1.165) is 18.2 Å². The first-order valence-corrected chi connectivity index (χ1v) is 10.6. The number of fused-ring (bicyclic) bond motifs is 1. The molecule has 0 aliphatic heterocycles. The van der Waals surface area contributed by atoms with Crippen LogP contribution in [-0.4, -0.2) is 36.9 Å². The SMILES string of the molecule is Cn1ccc(C(C)(C)C(CC(=O)O)Nc2nc(-c3c[nH]c4c(F)cc(F)cc34)c(C#N)cc2F)n1. The van der Waals surface area contributed by atoms with Crippen LogP contribution >= 0.6 is 0 Å². The molecule has 1 aromatic carbocycles. The Bertz CT molecular complexity index is 1480. The lowest BCUT2D eigenvalue weighted by molar-refractivity contribution is -0.137. The first-order valence-electron chi connectivity index (χ1n) is 10.6. The minimum absolute atomic E-state index is 0.00552. The lowest BCUT2D eigenvalue weighted by Gasteiger charge is -2.33. The zero-order valence-electron chi connectivity index (χ0n) is 19.0. The summed E-state index contributed by atoms with van der Waals surface area (Å²) in [5, 5.41) is 26.4. The van der Waals surface area contributed by atoms with Gasteiger partial charge >= 0.3 is 5.97 Å². The van der Waals surface area contributed by atoms with Crippen molar-refractivity contribution in [2.45, 2.75) is 31.7 Å². The number of carbonyl (C=O) groups is 1. The lowest BCUT2D eigenvalue weighted by Crippen LogP contribution is -2.42. The number of aromatic amines is 1. The van der Waals surface area contributed by atoms with Crippen LogP contribution in [-0.2, 0) is 17.3 Å². The van der Waals surface area contributed by atoms with Gasteiger partial charge in [-0.2, -0.15) is 10.4 Å². The number of nitrogens with one attached hydrogen (secondary N) is 2. The maximum atomic E-state index is 15.0. The standard InChI is InChI=1S/C24H21F3N6O2/c1-24(2,18-4-5-33(3)32-18)19(9-20(34)35)30-23-17(27)6-12(10-28)21(31-23)15-11-29-22-14(15)7-13(25)8-16(22)26/h4-8,11,19,29H,9H2,1-3H3,(H,30,31)(H,34,35). The quantitative estimate of drug-likeness (QED) is 0.357. The number of halogens is 3. The Labute approximate surface area is 198 Å². The summed E-state index contributed by atoms with van der Waals surface area (Å²) in [6, 6.07) is 5.49. The number of carboxylic acid groups (broad SMARTS) is 1. The van der Waals surface area contributed by atoms with Crippen molar-refractivity contribution >= 4 is 22.7 Å². The summed E-state index contributed by atoms with van der Waals surface area (Å²) < 4.78 is 44.7. The molecule has 3 aromatic heterocycles. The zero-order valence-corrected chi connectivity index (χ0v) is 19.0. The highest BCUT2D eigenvalue weighted by Gasteiger charge is 2.36. The smallest absolute Gasteiger partial charge is 0.305 e. The van der Waals surface area contributed by atoms with Crippen LogP contribution in [0.2, 0.25) is 0 Å². The Hall–Kier alpha value is -4.33. The molecule has 4 rings (SSSR count). The number of pyridine rings is 1. The predicted octanol–water partition coefficient (Wildman–Crippen LogP) is 4.49. The van der Waals surface area contributed by atoms with Gasteiger partial charge < -0.3 is 15.4 Å². The molecule has 0 fully saturated rings. The Morgan fingerprint density at radius 1 is 1.29 bits per heavy atom. The summed E-state index contributed by atoms with van der Waals surface area (Å²) >= 11 is 0. The van der Waals surface area contributed by atoms with Crippen molar-refractivity contribution in [2.24, 2.45) is 7.05 Å². The minimum atomic E-state index is -1.12. The molecule has 180 valence electrons. The van der Waals surface area contributed by atoms with E-state index in [1.165, 1.54) is 6.20 Å². The van der Waals surface area contributed by atoms with Crippen molar-refractivity contribution < 1.29 is 23.1 Å². The number of anilines is 1. The Balaban J connectivity index is 1.83. The molecule has 0 amide bonds. The summed E-state index contributed by atoms with van der Waals surface area (Å²) in [7, 11) is 1.72. The normalized spacial score (nSPS) is 12.5. The zero-order chi connectivity index (χ0) is 25.5. The summed E-state index contributed by atoms with van der Waals surface area (Å²) in [6.07, 6.45) is 2.68. The van der Waals surface area contributed by atoms with E-state index >= 15 is 4.39 Å². The van der Waals surface area contributed by atoms with Gasteiger partial charge in [0, 0.05) is 47.9 Å². The second-order valence-corrected chi connectivity index (χ2v) is 8.73. The maximum Gasteiger partial charge on any atom is 0.305 e. The molecular weight excluding hydrogens is 461 g/mol. The van der Waals surface area contributed by atoms with Crippen LogP contribution in [0.25, 0.3) is 22.2 Å². The van der Waals surface area contributed by atoms with E-state index in [1.54, 1.807) is 37.8 Å². The fraction of sp³-hybridized carbons (Fsp3) is 0.250. The monoisotopic (exact) mass is 482 g/mol. The van der Waals surface area contributed by atoms with Gasteiger partial charge in [-0.1, -0.05) is 13.8 Å². The molecule has 0 aliphatic carbocycles. The number of aromatic nitrogens is 4. The lowest BCUT2D eigenvalue weighted by atomic mass is 9.79. The third kappa shape index (κ3) is 4.42. The van der Waals surface area contributed by atoms with E-state index in [0.29, 0.717) is 5.69 Å². The Morgan fingerprint density at radius 2 is 2.03 bits per heavy atom. The first kappa shape index (κ1) is 23.8. The number of carboxylic acids is 1. The van der Waals surface area contributed by atoms with E-state index in [9.17, 15) is 23.9 Å². The molecule has 3 N–H and O–H groups in total. The van der Waals surface area contributed by atoms with Gasteiger partial charge in [-0.05, 0) is 18.2 Å². The van der Waals surface area contributed by atoms with E-state index in [4.69, 9.17) is 0 Å². The average molecular weight is 482 g/mol. The maximum absolute atomic E-state index is 15.0. The fourth-order valence-corrected chi connectivity index (χ4v) is 3.99. The number of nitrogens with zero attached hydrogens (tertiary/aromatic N) is 4. The Morgan fingerprint density at radius 3 is 2.66 bits per heavy atom. The van der Waals surface area contributed by atoms with Crippen molar-refractivity contribution in [3.63, 3.8) is 0 Å². The van der Waals surface area contributed by atoms with Gasteiger partial charge in [-0.25, -0.2) is 18.2 Å². The van der Waals surface area contributed by atoms with Gasteiger partial charge in [0.15, 0.2) is 11.6 Å². The van der Waals surface area contributed by atoms with Crippen molar-refractivity contribution in [1.82, 2.24) is 19.7 Å². The number of aliphatic carboxylic acids is 1. The fourth-order valence-electron chi connectivity index (χ4n) is 3.99. The number of benzene rings is 1. The number of nitriles is 1. The number of H-pyrrole nitrogens is 1. The third-order valence-corrected chi connectivity index (χ3v) is 5.99. The highest BCUT2D eigenvalue weighted by atomic mass is 19.1. The van der Waals surface area contributed by atoms with E-state index in [1.807, 2.05) is 6.07 Å². The van der Waals surface area contributed by atoms with Crippen LogP contribution in [0.5, 0.6) is 0 Å². The molecule has 35 heavy (non-hydrogen) atoms. The second kappa shape index (κ2) is 8.79. The van der Waals surface area contributed by atoms with Gasteiger partial charge in [0.1, 0.15) is 17.7 Å². The first-order chi connectivity index (χ1) is 16.5. The van der Waals surface area contributed by atoms with Gasteiger partial charge in [0.2, 0.25) is 0 Å². The molecule has 4 aromatic rings. The molecule has 0 radical (unpaired) electrons. The van der Waals surface area contributed by atoms with Crippen LogP contribution in [0.4, 0.5) is 19.0 Å². The summed E-state index contributed by atoms with van der Waals surface area (Å²) in [6.45, 7) is 3.53. The number of rotatable bonds is 7. The number of aryl methyl sites for hydroxylation is 1. The molecule has 11 heteroatoms. The largest absolute Gasteiger partial charge is 0.481 e. The molecule has 1 atom stereocenters. The van der Waals surface area contributed by atoms with Crippen molar-refractivity contribution in [1.29, 1.82) is 5.26 Å². The molecule has 0 bridgehead atoms. The van der Waals surface area contributed by atoms with Gasteiger partial charge in [-0.3, -0.25) is 9.48 Å². The van der Waals surface area contributed by atoms with E-state index in [-0.39, 0.29) is 40.0 Å². The second-order valence-electron chi connectivity index (χ2n) is 8.73. The van der Waals surface area contributed by atoms with Crippen molar-refractivity contribution in [3.8, 4) is 17.3 Å². The number of hydrogen-bond acceptors (Lipinski definition) is 5. The topological polar surface area (TPSA) is 120 Å². The van der Waals surface area contributed by atoms with Crippen LogP contribution in [0.15, 0.2) is 36.7 Å². The summed E-state index contributed by atoms with van der Waals surface area (Å²) in [5.41, 5.74) is -0.261. The molecular formula is C24H21F3N6O2. The molecule has 8 nitrogen and oxygen atoms in total. The summed E-state index contributed by atoms with van der Waals surface area (Å²) in [4.78, 5) is 18.6. The third-order valence-electron chi connectivity index (χ3n) is 5.99. The Kier molecular flexibility index (Phi) is 5.98. The molecule has 0 saturated carbocycles. The highest BCUT2D eigenvalue weighted by molar-refractivity contribution is 5.96. The van der Waals surface area contributed by atoms with Gasteiger partial charge in [0.25, 0.3) is 0 Å². The van der Waals surface area contributed by atoms with Gasteiger partial charge in [0.05, 0.1) is 28.9 Å². The molecule has 3 heterocycles. The predicted molar refractivity (Wildman–Crippen MR) is 122 cm³/mol. The van der Waals surface area contributed by atoms with Crippen LogP contribution in [0.3, 0.4) is 0 Å². The van der Waals surface area contributed by atoms with Crippen molar-refractivity contribution in [3.05, 3.63) is 65.4 Å². The average Bonchev–Trinajstić information content (AvgIpc) is 3.40. The summed E-state index contributed by atoms with van der Waals surface area (Å²) in [5.74, 6) is -3.96. The number of hydrogen-bond donors (Lipinski definition) is 3. The molecule has 0 aliphatic rings. The molecule has 1 unspecified atom stereocenters. The van der Waals surface area contributed by atoms with Gasteiger partial charge in [-0.15, -0.1) is 0 Å².